The Balaban J connectivity index is 3.34. The van der Waals surface area contributed by atoms with Crippen LogP contribution in [0.2, 0.25) is 5.15 Å². The molecule has 0 radical (unpaired) electrons. The highest BCUT2D eigenvalue weighted by Gasteiger charge is 2.21. The Hall–Kier alpha value is -1.50. The zero-order chi connectivity index (χ0) is 10.9. The van der Waals surface area contributed by atoms with E-state index in [-0.39, 0.29) is 0 Å². The number of hydrogen-bond acceptors (Lipinski definition) is 4. The molecule has 1 heterocycles. The normalized spacial score (nSPS) is 10.6. The van der Waals surface area contributed by atoms with Gasteiger partial charge >= 0.3 is 5.69 Å². The Morgan fingerprint density at radius 2 is 2.21 bits per heavy atom. The molecule has 0 aromatic carbocycles. The predicted octanol–water partition coefficient (Wildman–Crippen LogP) is 2.16. The van der Waals surface area contributed by atoms with E-state index in [0.29, 0.717) is 6.07 Å². The van der Waals surface area contributed by atoms with Crippen LogP contribution in [-0.4, -0.2) is 9.91 Å². The standard InChI is InChI=1S/C6H4ClF2N3O2/c7-4-2(5(8)9)1-3(12(13)14)6(10)11-4/h1,5H,(H2,10,11). The van der Waals surface area contributed by atoms with Gasteiger partial charge in [-0.25, -0.2) is 13.8 Å². The first-order valence-electron chi connectivity index (χ1n) is 3.32. The topological polar surface area (TPSA) is 82.0 Å². The van der Waals surface area contributed by atoms with E-state index in [2.05, 4.69) is 4.98 Å². The minimum atomic E-state index is -2.92. The first kappa shape index (κ1) is 10.6. The monoisotopic (exact) mass is 223 g/mol. The molecule has 5 nitrogen and oxygen atoms in total. The summed E-state index contributed by atoms with van der Waals surface area (Å²) in [5, 5.41) is 9.78. The molecule has 0 spiro atoms. The molecule has 0 atom stereocenters. The Morgan fingerprint density at radius 3 is 2.64 bits per heavy atom. The van der Waals surface area contributed by atoms with E-state index in [9.17, 15) is 18.9 Å². The van der Waals surface area contributed by atoms with E-state index < -0.39 is 33.6 Å². The number of nitrogen functional groups attached to an aromatic ring is 1. The summed E-state index contributed by atoms with van der Waals surface area (Å²) >= 11 is 5.31. The highest BCUT2D eigenvalue weighted by atomic mass is 35.5. The van der Waals surface area contributed by atoms with Crippen LogP contribution in [0.5, 0.6) is 0 Å². The molecular weight excluding hydrogens is 220 g/mol. The number of aromatic nitrogens is 1. The summed E-state index contributed by atoms with van der Waals surface area (Å²) in [7, 11) is 0. The summed E-state index contributed by atoms with van der Waals surface area (Å²) in [4.78, 5) is 12.6. The Morgan fingerprint density at radius 1 is 1.64 bits per heavy atom. The van der Waals surface area contributed by atoms with Gasteiger partial charge in [0.1, 0.15) is 5.15 Å². The molecule has 8 heteroatoms. The van der Waals surface area contributed by atoms with E-state index >= 15 is 0 Å². The summed E-state index contributed by atoms with van der Waals surface area (Å²) in [6.07, 6.45) is -2.92. The molecule has 0 bridgehead atoms. The van der Waals surface area contributed by atoms with Crippen LogP contribution >= 0.6 is 11.6 Å². The number of alkyl halides is 2. The molecule has 76 valence electrons. The van der Waals surface area contributed by atoms with Crippen LogP contribution in [0.3, 0.4) is 0 Å². The molecule has 0 fully saturated rings. The third-order valence-electron chi connectivity index (χ3n) is 1.44. The van der Waals surface area contributed by atoms with Crippen LogP contribution in [0.4, 0.5) is 20.3 Å². The van der Waals surface area contributed by atoms with Gasteiger partial charge in [-0.2, -0.15) is 0 Å². The number of hydrogen-bond donors (Lipinski definition) is 1. The molecule has 0 amide bonds. The fourth-order valence-corrected chi connectivity index (χ4v) is 1.04. The predicted molar refractivity (Wildman–Crippen MR) is 45.3 cm³/mol. The van der Waals surface area contributed by atoms with Crippen molar-refractivity contribution in [1.29, 1.82) is 0 Å². The van der Waals surface area contributed by atoms with Gasteiger partial charge in [0.2, 0.25) is 5.82 Å². The number of halogens is 3. The van der Waals surface area contributed by atoms with Gasteiger partial charge in [-0.15, -0.1) is 0 Å². The lowest BCUT2D eigenvalue weighted by atomic mass is 10.2. The zero-order valence-electron chi connectivity index (χ0n) is 6.58. The van der Waals surface area contributed by atoms with Crippen LogP contribution in [-0.2, 0) is 0 Å². The molecule has 0 saturated heterocycles. The smallest absolute Gasteiger partial charge is 0.311 e. The first-order valence-corrected chi connectivity index (χ1v) is 3.69. The van der Waals surface area contributed by atoms with E-state index in [1.54, 1.807) is 0 Å². The number of rotatable bonds is 2. The van der Waals surface area contributed by atoms with Crippen molar-refractivity contribution in [2.75, 3.05) is 5.73 Å². The fourth-order valence-electron chi connectivity index (χ4n) is 0.808. The van der Waals surface area contributed by atoms with Gasteiger partial charge in [-0.3, -0.25) is 10.1 Å². The van der Waals surface area contributed by atoms with Crippen molar-refractivity contribution < 1.29 is 13.7 Å². The van der Waals surface area contributed by atoms with E-state index in [4.69, 9.17) is 17.3 Å². The lowest BCUT2D eigenvalue weighted by molar-refractivity contribution is -0.384. The first-order chi connectivity index (χ1) is 6.43. The Bertz CT molecular complexity index is 386. The third kappa shape index (κ3) is 1.87. The summed E-state index contributed by atoms with van der Waals surface area (Å²) in [6, 6.07) is 0.620. The van der Waals surface area contributed by atoms with Crippen molar-refractivity contribution in [1.82, 2.24) is 4.98 Å². The van der Waals surface area contributed by atoms with Crippen LogP contribution in [0.15, 0.2) is 6.07 Å². The molecule has 14 heavy (non-hydrogen) atoms. The second-order valence-corrected chi connectivity index (χ2v) is 2.69. The van der Waals surface area contributed by atoms with Crippen molar-refractivity contribution in [2.24, 2.45) is 0 Å². The summed E-state index contributed by atoms with van der Waals surface area (Å²) in [6.45, 7) is 0. The summed E-state index contributed by atoms with van der Waals surface area (Å²) in [5.41, 5.74) is 3.73. The molecule has 1 rings (SSSR count). The van der Waals surface area contributed by atoms with Crippen molar-refractivity contribution in [3.8, 4) is 0 Å². The maximum Gasteiger partial charge on any atom is 0.311 e. The Labute approximate surface area is 81.6 Å². The lowest BCUT2D eigenvalue weighted by Crippen LogP contribution is -2.01. The molecule has 0 aliphatic rings. The van der Waals surface area contributed by atoms with Gasteiger partial charge in [-0.05, 0) is 0 Å². The maximum absolute atomic E-state index is 12.2. The molecule has 2 N–H and O–H groups in total. The van der Waals surface area contributed by atoms with Crippen molar-refractivity contribution >= 4 is 23.1 Å². The second-order valence-electron chi connectivity index (χ2n) is 2.33. The summed E-state index contributed by atoms with van der Waals surface area (Å²) in [5.74, 6) is -0.482. The van der Waals surface area contributed by atoms with Gasteiger partial charge in [0.15, 0.2) is 0 Å². The van der Waals surface area contributed by atoms with Gasteiger partial charge in [0, 0.05) is 6.07 Å². The minimum Gasteiger partial charge on any atom is -0.378 e. The van der Waals surface area contributed by atoms with Crippen molar-refractivity contribution in [2.45, 2.75) is 6.43 Å². The Kier molecular flexibility index (Phi) is 2.80. The molecule has 1 aromatic rings. The number of nitrogens with zero attached hydrogens (tertiary/aromatic N) is 2. The number of nitro groups is 1. The zero-order valence-corrected chi connectivity index (χ0v) is 7.33. The highest BCUT2D eigenvalue weighted by Crippen LogP contribution is 2.31. The molecule has 0 unspecified atom stereocenters. The SMILES string of the molecule is Nc1nc(Cl)c(C(F)F)cc1[N+](=O)[O-]. The molecule has 0 aliphatic carbocycles. The van der Waals surface area contributed by atoms with E-state index in [0.717, 1.165) is 0 Å². The van der Waals surface area contributed by atoms with E-state index in [1.165, 1.54) is 0 Å². The number of nitrogens with two attached hydrogens (primary N) is 1. The largest absolute Gasteiger partial charge is 0.378 e. The van der Waals surface area contributed by atoms with Crippen LogP contribution in [0.1, 0.15) is 12.0 Å². The second kappa shape index (κ2) is 3.70. The van der Waals surface area contributed by atoms with Crippen LogP contribution < -0.4 is 5.73 Å². The molecule has 1 aromatic heterocycles. The van der Waals surface area contributed by atoms with Gasteiger partial charge in [0.05, 0.1) is 10.5 Å². The number of pyridine rings is 1. The molecule has 0 saturated carbocycles. The van der Waals surface area contributed by atoms with Crippen LogP contribution in [0, 0.1) is 10.1 Å². The molecule has 0 aliphatic heterocycles. The number of anilines is 1. The van der Waals surface area contributed by atoms with Gasteiger partial charge < -0.3 is 5.73 Å². The quantitative estimate of drug-likeness (QED) is 0.473. The summed E-state index contributed by atoms with van der Waals surface area (Å²) < 4.78 is 24.4. The van der Waals surface area contributed by atoms with Crippen molar-refractivity contribution in [3.63, 3.8) is 0 Å². The van der Waals surface area contributed by atoms with Crippen molar-refractivity contribution in [3.05, 3.63) is 26.9 Å². The molecular formula is C6H4ClF2N3O2. The minimum absolute atomic E-state index is 0.482. The van der Waals surface area contributed by atoms with Gasteiger partial charge in [0.25, 0.3) is 6.43 Å². The highest BCUT2D eigenvalue weighted by molar-refractivity contribution is 6.30. The third-order valence-corrected chi connectivity index (χ3v) is 1.75. The van der Waals surface area contributed by atoms with E-state index in [1.807, 2.05) is 0 Å². The average Bonchev–Trinajstić information content (AvgIpc) is 2.02. The lowest BCUT2D eigenvalue weighted by Gasteiger charge is -2.03. The van der Waals surface area contributed by atoms with Gasteiger partial charge in [-0.1, -0.05) is 11.6 Å². The fraction of sp³-hybridized carbons (Fsp3) is 0.167. The average molecular weight is 224 g/mol. The maximum atomic E-state index is 12.2. The van der Waals surface area contributed by atoms with Crippen LogP contribution in [0.25, 0.3) is 0 Å².